The lowest BCUT2D eigenvalue weighted by Gasteiger charge is -2.39. The summed E-state index contributed by atoms with van der Waals surface area (Å²) >= 11 is 1.60. The first-order valence-electron chi connectivity index (χ1n) is 10.5. The molecule has 2 aliphatic heterocycles. The number of fused-ring (bicyclic) bond motifs is 2. The summed E-state index contributed by atoms with van der Waals surface area (Å²) < 4.78 is 6.00. The van der Waals surface area contributed by atoms with E-state index in [1.165, 1.54) is 15.6 Å². The van der Waals surface area contributed by atoms with Gasteiger partial charge in [-0.15, -0.1) is 0 Å². The van der Waals surface area contributed by atoms with Crippen LogP contribution in [0.1, 0.15) is 24.5 Å². The van der Waals surface area contributed by atoms with Gasteiger partial charge in [-0.1, -0.05) is 31.2 Å². The first kappa shape index (κ1) is 18.6. The zero-order valence-electron chi connectivity index (χ0n) is 16.7. The molecule has 1 N–H and O–H groups in total. The lowest BCUT2D eigenvalue weighted by molar-refractivity contribution is -0.115. The predicted molar refractivity (Wildman–Crippen MR) is 120 cm³/mol. The van der Waals surface area contributed by atoms with Gasteiger partial charge in [0, 0.05) is 43.3 Å². The minimum absolute atomic E-state index is 0.106. The molecule has 1 amide bonds. The Labute approximate surface area is 175 Å². The Hall–Kier alpha value is -2.44. The number of hydrogen-bond donors (Lipinski definition) is 1. The molecule has 2 aromatic carbocycles. The Bertz CT molecular complexity index is 1040. The van der Waals surface area contributed by atoms with Crippen LogP contribution in [0.4, 0.5) is 11.5 Å². The molecule has 0 aliphatic carbocycles. The Kier molecular flexibility index (Phi) is 4.97. The summed E-state index contributed by atoms with van der Waals surface area (Å²) in [5.41, 5.74) is 3.46. The van der Waals surface area contributed by atoms with Gasteiger partial charge in [0.05, 0.1) is 11.1 Å². The summed E-state index contributed by atoms with van der Waals surface area (Å²) in [4.78, 5) is 16.7. The van der Waals surface area contributed by atoms with E-state index in [4.69, 9.17) is 4.37 Å². The Balaban J connectivity index is 1.25. The molecule has 3 heterocycles. The van der Waals surface area contributed by atoms with Crippen LogP contribution in [0.2, 0.25) is 0 Å². The smallest absolute Gasteiger partial charge is 0.228 e. The number of piperazine rings is 1. The van der Waals surface area contributed by atoms with Gasteiger partial charge in [-0.3, -0.25) is 9.69 Å². The topological polar surface area (TPSA) is 48.5 Å². The van der Waals surface area contributed by atoms with Gasteiger partial charge in [0.1, 0.15) is 5.82 Å². The number of rotatable bonds is 5. The first-order valence-corrected chi connectivity index (χ1v) is 11.2. The van der Waals surface area contributed by atoms with Crippen molar-refractivity contribution >= 4 is 39.0 Å². The normalized spacial score (nSPS) is 18.1. The van der Waals surface area contributed by atoms with Crippen molar-refractivity contribution in [1.29, 1.82) is 0 Å². The highest BCUT2D eigenvalue weighted by molar-refractivity contribution is 7.13. The number of benzene rings is 2. The van der Waals surface area contributed by atoms with E-state index in [0.717, 1.165) is 56.1 Å². The molecule has 5 nitrogen and oxygen atoms in total. The third-order valence-corrected chi connectivity index (χ3v) is 7.04. The Morgan fingerprint density at radius 3 is 2.79 bits per heavy atom. The highest BCUT2D eigenvalue weighted by Gasteiger charge is 2.26. The second-order valence-corrected chi connectivity index (χ2v) is 8.81. The van der Waals surface area contributed by atoms with E-state index in [-0.39, 0.29) is 5.91 Å². The average Bonchev–Trinajstić information content (AvgIpc) is 3.34. The minimum atomic E-state index is 0.106. The van der Waals surface area contributed by atoms with Gasteiger partial charge in [0.2, 0.25) is 5.91 Å². The van der Waals surface area contributed by atoms with Gasteiger partial charge < -0.3 is 10.2 Å². The molecule has 5 rings (SSSR count). The van der Waals surface area contributed by atoms with Crippen molar-refractivity contribution < 1.29 is 4.79 Å². The molecule has 6 heteroatoms. The van der Waals surface area contributed by atoms with Gasteiger partial charge in [-0.2, -0.15) is 4.37 Å². The molecule has 1 unspecified atom stereocenters. The maximum absolute atomic E-state index is 11.6. The molecule has 1 fully saturated rings. The van der Waals surface area contributed by atoms with Crippen molar-refractivity contribution in [1.82, 2.24) is 9.27 Å². The van der Waals surface area contributed by atoms with Crippen LogP contribution in [0.3, 0.4) is 0 Å². The van der Waals surface area contributed by atoms with E-state index >= 15 is 0 Å². The van der Waals surface area contributed by atoms with Crippen LogP contribution >= 0.6 is 11.5 Å². The maximum atomic E-state index is 11.6. The third-order valence-electron chi connectivity index (χ3n) is 6.23. The molecular formula is C23H26N4OS. The zero-order chi connectivity index (χ0) is 19.8. The molecule has 1 saturated heterocycles. The van der Waals surface area contributed by atoms with E-state index in [0.29, 0.717) is 12.5 Å². The minimum Gasteiger partial charge on any atom is -0.353 e. The van der Waals surface area contributed by atoms with E-state index in [1.54, 1.807) is 11.5 Å². The Morgan fingerprint density at radius 2 is 1.97 bits per heavy atom. The summed E-state index contributed by atoms with van der Waals surface area (Å²) in [7, 11) is 0. The number of hydrogen-bond acceptors (Lipinski definition) is 5. The van der Waals surface area contributed by atoms with Crippen molar-refractivity contribution in [3.8, 4) is 0 Å². The number of amides is 1. The van der Waals surface area contributed by atoms with Crippen LogP contribution in [0, 0.1) is 0 Å². The average molecular weight is 407 g/mol. The highest BCUT2D eigenvalue weighted by Crippen LogP contribution is 2.30. The summed E-state index contributed by atoms with van der Waals surface area (Å²) in [5.74, 6) is 1.25. The summed E-state index contributed by atoms with van der Waals surface area (Å²) in [6.45, 7) is 6.45. The van der Waals surface area contributed by atoms with Gasteiger partial charge in [-0.25, -0.2) is 0 Å². The fraction of sp³-hybridized carbons (Fsp3) is 0.391. The van der Waals surface area contributed by atoms with Crippen molar-refractivity contribution in [2.75, 3.05) is 36.4 Å². The van der Waals surface area contributed by atoms with Crippen LogP contribution in [0.25, 0.3) is 10.1 Å². The summed E-state index contributed by atoms with van der Waals surface area (Å²) in [6.07, 6.45) is 2.69. The lowest BCUT2D eigenvalue weighted by atomic mass is 9.99. The standard InChI is InChI=1S/C23H26N4OS/c1-2-18(14-16-7-8-20-17(13-16)15-22(28)24-20)26-9-11-27(12-10-26)23-19-5-3-4-6-21(19)29-25-23/h3-8,13,18H,2,9-12,14-15H2,1H3,(H,24,28). The second kappa shape index (κ2) is 7.76. The first-order chi connectivity index (χ1) is 14.2. The molecule has 0 bridgehead atoms. The zero-order valence-corrected chi connectivity index (χ0v) is 17.5. The van der Waals surface area contributed by atoms with E-state index < -0.39 is 0 Å². The molecule has 3 aromatic rings. The number of aromatic nitrogens is 1. The molecule has 2 aliphatic rings. The maximum Gasteiger partial charge on any atom is 0.228 e. The van der Waals surface area contributed by atoms with Crippen molar-refractivity contribution in [2.45, 2.75) is 32.2 Å². The fourth-order valence-electron chi connectivity index (χ4n) is 4.61. The van der Waals surface area contributed by atoms with E-state index in [2.05, 4.69) is 64.5 Å². The lowest BCUT2D eigenvalue weighted by Crippen LogP contribution is -2.51. The van der Waals surface area contributed by atoms with Crippen molar-refractivity contribution in [3.05, 3.63) is 53.6 Å². The van der Waals surface area contributed by atoms with Crippen molar-refractivity contribution in [3.63, 3.8) is 0 Å². The monoisotopic (exact) mass is 406 g/mol. The van der Waals surface area contributed by atoms with Gasteiger partial charge in [-0.05, 0) is 53.7 Å². The predicted octanol–water partition coefficient (Wildman–Crippen LogP) is 3.93. The van der Waals surface area contributed by atoms with Crippen LogP contribution in [-0.2, 0) is 17.6 Å². The number of carbonyl (C=O) groups excluding carboxylic acids is 1. The number of carbonyl (C=O) groups is 1. The highest BCUT2D eigenvalue weighted by atomic mass is 32.1. The van der Waals surface area contributed by atoms with E-state index in [9.17, 15) is 4.79 Å². The quantitative estimate of drug-likeness (QED) is 0.697. The second-order valence-electron chi connectivity index (χ2n) is 8.01. The molecule has 150 valence electrons. The largest absolute Gasteiger partial charge is 0.353 e. The van der Waals surface area contributed by atoms with E-state index in [1.807, 2.05) is 0 Å². The SMILES string of the molecule is CCC(Cc1ccc2c(c1)CC(=O)N2)N1CCN(c2nsc3ccccc23)CC1. The van der Waals surface area contributed by atoms with Crippen LogP contribution in [0.15, 0.2) is 42.5 Å². The van der Waals surface area contributed by atoms with Crippen molar-refractivity contribution in [2.24, 2.45) is 0 Å². The fourth-order valence-corrected chi connectivity index (χ4v) is 5.41. The van der Waals surface area contributed by atoms with Crippen LogP contribution in [0.5, 0.6) is 0 Å². The molecule has 1 aromatic heterocycles. The molecule has 1 atom stereocenters. The van der Waals surface area contributed by atoms with Gasteiger partial charge >= 0.3 is 0 Å². The molecule has 29 heavy (non-hydrogen) atoms. The number of nitrogens with one attached hydrogen (secondary N) is 1. The number of anilines is 2. The van der Waals surface area contributed by atoms with Crippen LogP contribution < -0.4 is 10.2 Å². The number of nitrogens with zero attached hydrogens (tertiary/aromatic N) is 3. The third kappa shape index (κ3) is 3.63. The molecular weight excluding hydrogens is 380 g/mol. The van der Waals surface area contributed by atoms with Gasteiger partial charge in [0.25, 0.3) is 0 Å². The molecule has 0 saturated carbocycles. The molecule has 0 spiro atoms. The summed E-state index contributed by atoms with van der Waals surface area (Å²) in [6, 6.07) is 15.5. The Morgan fingerprint density at radius 1 is 1.14 bits per heavy atom. The summed E-state index contributed by atoms with van der Waals surface area (Å²) in [5, 5.41) is 4.20. The van der Waals surface area contributed by atoms with Crippen LogP contribution in [-0.4, -0.2) is 47.4 Å². The van der Waals surface area contributed by atoms with Gasteiger partial charge in [0.15, 0.2) is 0 Å². The molecule has 0 radical (unpaired) electrons.